The van der Waals surface area contributed by atoms with Crippen molar-refractivity contribution in [2.75, 3.05) is 33.7 Å². The number of rotatable bonds is 7. The van der Waals surface area contributed by atoms with Gasteiger partial charge in [-0.05, 0) is 70.2 Å². The summed E-state index contributed by atoms with van der Waals surface area (Å²) in [6.07, 6.45) is 0.836. The lowest BCUT2D eigenvalue weighted by Gasteiger charge is -2.31. The zero-order valence-corrected chi connectivity index (χ0v) is 17.0. The summed E-state index contributed by atoms with van der Waals surface area (Å²) in [5.41, 5.74) is -0.00930. The van der Waals surface area contributed by atoms with Gasteiger partial charge in [-0.2, -0.15) is 0 Å². The van der Waals surface area contributed by atoms with Crippen LogP contribution in [0.2, 0.25) is 5.02 Å². The van der Waals surface area contributed by atoms with Gasteiger partial charge in [0.2, 0.25) is 5.66 Å². The average molecular weight is 411 g/mol. The predicted molar refractivity (Wildman–Crippen MR) is 111 cm³/mol. The molecule has 1 aromatic heterocycles. The van der Waals surface area contributed by atoms with Gasteiger partial charge < -0.3 is 14.6 Å². The zero-order valence-electron chi connectivity index (χ0n) is 15.4. The number of urea groups is 1. The molecule has 0 radical (unpaired) electrons. The molecule has 8 heteroatoms. The molecule has 0 spiro atoms. The SMILES string of the molecule is C=NC1(c2ccc(-c3ccc(Cl)cc3)o2)CNC(=O)N1CCCN(C)C.Cl. The molecule has 6 nitrogen and oxygen atoms in total. The highest BCUT2D eigenvalue weighted by molar-refractivity contribution is 6.30. The Hall–Kier alpha value is -2.02. The highest BCUT2D eigenvalue weighted by Gasteiger charge is 2.48. The Labute approximate surface area is 170 Å². The molecule has 1 unspecified atom stereocenters. The third-order valence-corrected chi connectivity index (χ3v) is 4.81. The van der Waals surface area contributed by atoms with E-state index in [9.17, 15) is 4.79 Å². The van der Waals surface area contributed by atoms with E-state index in [0.29, 0.717) is 29.6 Å². The molecule has 146 valence electrons. The van der Waals surface area contributed by atoms with Gasteiger partial charge in [-0.1, -0.05) is 11.6 Å². The molecule has 1 N–H and O–H groups in total. The van der Waals surface area contributed by atoms with Crippen LogP contribution in [0.25, 0.3) is 11.3 Å². The van der Waals surface area contributed by atoms with Gasteiger partial charge in [0.15, 0.2) is 5.76 Å². The molecular weight excluding hydrogens is 387 g/mol. The maximum absolute atomic E-state index is 12.4. The molecule has 1 aromatic carbocycles. The van der Waals surface area contributed by atoms with Crippen molar-refractivity contribution in [3.8, 4) is 11.3 Å². The minimum Gasteiger partial charge on any atom is -0.456 e. The van der Waals surface area contributed by atoms with Gasteiger partial charge in [0.05, 0.1) is 6.54 Å². The second-order valence-electron chi connectivity index (χ2n) is 6.61. The first-order valence-corrected chi connectivity index (χ1v) is 8.88. The van der Waals surface area contributed by atoms with E-state index >= 15 is 0 Å². The molecule has 0 aliphatic carbocycles. The van der Waals surface area contributed by atoms with E-state index in [4.69, 9.17) is 16.0 Å². The molecule has 27 heavy (non-hydrogen) atoms. The quantitative estimate of drug-likeness (QED) is 0.704. The first kappa shape index (κ1) is 21.3. The predicted octanol–water partition coefficient (Wildman–Crippen LogP) is 3.85. The van der Waals surface area contributed by atoms with Crippen LogP contribution in [0, 0.1) is 0 Å². The number of amides is 2. The number of hydrogen-bond donors (Lipinski definition) is 1. The summed E-state index contributed by atoms with van der Waals surface area (Å²) in [6, 6.07) is 11.0. The minimum absolute atomic E-state index is 0. The van der Waals surface area contributed by atoms with Crippen molar-refractivity contribution in [3.05, 3.63) is 47.2 Å². The van der Waals surface area contributed by atoms with E-state index in [2.05, 4.69) is 21.9 Å². The largest absolute Gasteiger partial charge is 0.456 e. The second kappa shape index (κ2) is 8.78. The smallest absolute Gasteiger partial charge is 0.319 e. The number of carbonyl (C=O) groups is 1. The van der Waals surface area contributed by atoms with Crippen molar-refractivity contribution in [3.63, 3.8) is 0 Å². The number of nitrogens with one attached hydrogen (secondary N) is 1. The topological polar surface area (TPSA) is 61.1 Å². The highest BCUT2D eigenvalue weighted by atomic mass is 35.5. The number of nitrogens with zero attached hydrogens (tertiary/aromatic N) is 3. The molecule has 0 bridgehead atoms. The number of hydrogen-bond acceptors (Lipinski definition) is 4. The Kier molecular flexibility index (Phi) is 6.92. The Balaban J connectivity index is 0.00000261. The van der Waals surface area contributed by atoms with E-state index in [1.165, 1.54) is 0 Å². The third kappa shape index (κ3) is 4.29. The van der Waals surface area contributed by atoms with Gasteiger partial charge in [0, 0.05) is 17.1 Å². The van der Waals surface area contributed by atoms with Crippen molar-refractivity contribution in [1.29, 1.82) is 0 Å². The van der Waals surface area contributed by atoms with Gasteiger partial charge in [-0.25, -0.2) is 4.79 Å². The molecular formula is C19H24Cl2N4O2. The molecule has 3 rings (SSSR count). The van der Waals surface area contributed by atoms with Crippen LogP contribution >= 0.6 is 24.0 Å². The van der Waals surface area contributed by atoms with E-state index in [-0.39, 0.29) is 18.4 Å². The zero-order chi connectivity index (χ0) is 18.7. The van der Waals surface area contributed by atoms with Crippen LogP contribution in [0.15, 0.2) is 45.8 Å². The maximum atomic E-state index is 12.4. The fourth-order valence-electron chi connectivity index (χ4n) is 3.15. The van der Waals surface area contributed by atoms with Crippen LogP contribution in [-0.4, -0.2) is 56.3 Å². The summed E-state index contributed by atoms with van der Waals surface area (Å²) in [6.45, 7) is 5.53. The molecule has 1 aliphatic rings. The standard InChI is InChI=1S/C19H23ClN4O2.ClH/c1-21-19(13-22-18(25)24(19)12-4-11-23(2)3)17-10-9-16(26-17)14-5-7-15(20)8-6-14;/h5-10H,1,4,11-13H2,2-3H3,(H,22,25);1H. The van der Waals surface area contributed by atoms with Crippen LogP contribution in [0.3, 0.4) is 0 Å². The van der Waals surface area contributed by atoms with Crippen LogP contribution in [0.1, 0.15) is 12.2 Å². The normalized spacial score (nSPS) is 19.1. The fourth-order valence-corrected chi connectivity index (χ4v) is 3.28. The molecule has 2 aromatic rings. The van der Waals surface area contributed by atoms with E-state index in [1.54, 1.807) is 4.90 Å². The number of halogens is 2. The molecule has 2 heterocycles. The van der Waals surface area contributed by atoms with Crippen LogP contribution < -0.4 is 5.32 Å². The lowest BCUT2D eigenvalue weighted by atomic mass is 10.1. The summed E-state index contributed by atoms with van der Waals surface area (Å²) < 4.78 is 6.07. The first-order chi connectivity index (χ1) is 12.5. The monoisotopic (exact) mass is 410 g/mol. The van der Waals surface area contributed by atoms with Gasteiger partial charge >= 0.3 is 6.03 Å². The highest BCUT2D eigenvalue weighted by Crippen LogP contribution is 2.36. The number of furan rings is 1. The minimum atomic E-state index is -0.923. The Bertz CT molecular complexity index is 791. The van der Waals surface area contributed by atoms with Gasteiger partial charge in [0.1, 0.15) is 5.76 Å². The summed E-state index contributed by atoms with van der Waals surface area (Å²) in [5.74, 6) is 1.30. The van der Waals surface area contributed by atoms with Crippen molar-refractivity contribution >= 4 is 36.8 Å². The fraction of sp³-hybridized carbons (Fsp3) is 0.368. The van der Waals surface area contributed by atoms with E-state index in [0.717, 1.165) is 18.5 Å². The lowest BCUT2D eigenvalue weighted by molar-refractivity contribution is 0.139. The van der Waals surface area contributed by atoms with Gasteiger partial charge in [-0.15, -0.1) is 12.4 Å². The third-order valence-electron chi connectivity index (χ3n) is 4.56. The summed E-state index contributed by atoms with van der Waals surface area (Å²) in [4.78, 5) is 20.5. The van der Waals surface area contributed by atoms with Crippen LogP contribution in [0.5, 0.6) is 0 Å². The number of aliphatic imine (C=N–C) groups is 1. The molecule has 1 fully saturated rings. The number of carbonyl (C=O) groups excluding carboxylic acids is 1. The Morgan fingerprint density at radius 2 is 2.00 bits per heavy atom. The lowest BCUT2D eigenvalue weighted by Crippen LogP contribution is -2.44. The van der Waals surface area contributed by atoms with Crippen molar-refractivity contribution in [2.45, 2.75) is 12.1 Å². The van der Waals surface area contributed by atoms with E-state index < -0.39 is 5.66 Å². The molecule has 1 atom stereocenters. The van der Waals surface area contributed by atoms with Gasteiger partial charge in [-0.3, -0.25) is 9.89 Å². The van der Waals surface area contributed by atoms with Crippen molar-refractivity contribution in [2.24, 2.45) is 4.99 Å². The van der Waals surface area contributed by atoms with Crippen molar-refractivity contribution in [1.82, 2.24) is 15.1 Å². The molecule has 2 amide bonds. The summed E-state index contributed by atoms with van der Waals surface area (Å²) in [5, 5.41) is 3.54. The second-order valence-corrected chi connectivity index (χ2v) is 7.05. The molecule has 0 saturated carbocycles. The average Bonchev–Trinajstić information content (AvgIpc) is 3.22. The molecule has 1 aliphatic heterocycles. The van der Waals surface area contributed by atoms with Crippen LogP contribution in [0.4, 0.5) is 4.79 Å². The van der Waals surface area contributed by atoms with Crippen molar-refractivity contribution < 1.29 is 9.21 Å². The number of benzene rings is 1. The Morgan fingerprint density at radius 3 is 2.63 bits per heavy atom. The first-order valence-electron chi connectivity index (χ1n) is 8.50. The molecule has 1 saturated heterocycles. The van der Waals surface area contributed by atoms with E-state index in [1.807, 2.05) is 50.5 Å². The summed E-state index contributed by atoms with van der Waals surface area (Å²) >= 11 is 5.95. The van der Waals surface area contributed by atoms with Gasteiger partial charge in [0.25, 0.3) is 0 Å². The maximum Gasteiger partial charge on any atom is 0.319 e. The Morgan fingerprint density at radius 1 is 1.30 bits per heavy atom. The summed E-state index contributed by atoms with van der Waals surface area (Å²) in [7, 11) is 4.02. The van der Waals surface area contributed by atoms with Crippen LogP contribution in [-0.2, 0) is 5.66 Å².